The molecule has 250 valence electrons. The summed E-state index contributed by atoms with van der Waals surface area (Å²) in [5, 5.41) is 10.3. The van der Waals surface area contributed by atoms with E-state index in [0.717, 1.165) is 12.0 Å². The predicted octanol–water partition coefficient (Wildman–Crippen LogP) is 13.0. The number of hydrogen-bond acceptors (Lipinski definition) is 1. The largest absolute Gasteiger partial charge is 0.404 e. The maximum Gasteiger partial charge on any atom is 0.0159 e. The van der Waals surface area contributed by atoms with Gasteiger partial charge >= 0.3 is 0 Å². The van der Waals surface area contributed by atoms with E-state index in [1.807, 2.05) is 6.20 Å². The molecule has 10 rings (SSSR count). The van der Waals surface area contributed by atoms with Crippen molar-refractivity contribution >= 4 is 48.7 Å². The zero-order valence-electron chi connectivity index (χ0n) is 30.2. The van der Waals surface area contributed by atoms with Crippen molar-refractivity contribution in [3.63, 3.8) is 0 Å². The van der Waals surface area contributed by atoms with E-state index >= 15 is 0 Å². The van der Waals surface area contributed by atoms with Crippen LogP contribution in [-0.2, 0) is 17.3 Å². The highest BCUT2D eigenvalue weighted by atomic mass is 14.5. The summed E-state index contributed by atoms with van der Waals surface area (Å²) in [4.78, 5) is 0. The Morgan fingerprint density at radius 1 is 0.462 bits per heavy atom. The van der Waals surface area contributed by atoms with Crippen LogP contribution in [0.25, 0.3) is 70.9 Å². The minimum absolute atomic E-state index is 0.103. The SMILES string of the molecule is CC1(C)C(=C/Cc2c3ccccc3c(-c3cc4c(c5ccccc35)-c3ccccc3C4(C)C)c3ccccc23)/C(=C\N)c2cc3ccccc3cc21. The molecule has 0 unspecified atom stereocenters. The summed E-state index contributed by atoms with van der Waals surface area (Å²) in [5.74, 6) is 0. The quantitative estimate of drug-likeness (QED) is 0.186. The van der Waals surface area contributed by atoms with Gasteiger partial charge in [0.2, 0.25) is 0 Å². The van der Waals surface area contributed by atoms with Crippen molar-refractivity contribution in [2.75, 3.05) is 0 Å². The summed E-state index contributed by atoms with van der Waals surface area (Å²) >= 11 is 0. The van der Waals surface area contributed by atoms with Crippen LogP contribution in [0.15, 0.2) is 157 Å². The van der Waals surface area contributed by atoms with Gasteiger partial charge in [0, 0.05) is 22.6 Å². The van der Waals surface area contributed by atoms with Gasteiger partial charge in [0.25, 0.3) is 0 Å². The summed E-state index contributed by atoms with van der Waals surface area (Å²) in [6, 6.07) is 52.0. The highest BCUT2D eigenvalue weighted by Crippen LogP contribution is 2.55. The van der Waals surface area contributed by atoms with Crippen molar-refractivity contribution in [3.05, 3.63) is 185 Å². The molecule has 0 atom stereocenters. The maximum absolute atomic E-state index is 6.47. The average molecular weight is 668 g/mol. The Kier molecular flexibility index (Phi) is 6.55. The summed E-state index contributed by atoms with van der Waals surface area (Å²) in [6.07, 6.45) is 5.09. The molecule has 8 aromatic carbocycles. The zero-order chi connectivity index (χ0) is 35.4. The van der Waals surface area contributed by atoms with Crippen LogP contribution in [0.2, 0.25) is 0 Å². The number of allylic oxidation sites excluding steroid dienone is 3. The van der Waals surface area contributed by atoms with Crippen LogP contribution in [0.5, 0.6) is 0 Å². The van der Waals surface area contributed by atoms with Gasteiger partial charge in [0.05, 0.1) is 0 Å². The lowest BCUT2D eigenvalue weighted by atomic mass is 9.78. The maximum atomic E-state index is 6.47. The molecule has 0 fully saturated rings. The lowest BCUT2D eigenvalue weighted by Crippen LogP contribution is -2.15. The molecule has 2 aliphatic rings. The van der Waals surface area contributed by atoms with Crippen molar-refractivity contribution in [2.24, 2.45) is 5.73 Å². The molecule has 0 spiro atoms. The Labute approximate surface area is 305 Å². The van der Waals surface area contributed by atoms with E-state index in [0.29, 0.717) is 0 Å². The molecular formula is C51H41N. The molecule has 2 aliphatic carbocycles. The molecule has 0 saturated carbocycles. The number of hydrogen-bond donors (Lipinski definition) is 1. The normalized spacial score (nSPS) is 17.0. The lowest BCUT2D eigenvalue weighted by molar-refractivity contribution is 0.659. The van der Waals surface area contributed by atoms with Gasteiger partial charge in [-0.3, -0.25) is 0 Å². The monoisotopic (exact) mass is 667 g/mol. The van der Waals surface area contributed by atoms with Crippen molar-refractivity contribution in [1.82, 2.24) is 0 Å². The lowest BCUT2D eigenvalue weighted by Gasteiger charge is -2.24. The van der Waals surface area contributed by atoms with E-state index < -0.39 is 0 Å². The van der Waals surface area contributed by atoms with E-state index in [1.165, 1.54) is 98.7 Å². The molecular weight excluding hydrogens is 627 g/mol. The molecule has 0 aromatic heterocycles. The first kappa shape index (κ1) is 30.9. The van der Waals surface area contributed by atoms with Crippen LogP contribution in [0.3, 0.4) is 0 Å². The fraction of sp³-hybridized carbons (Fsp3) is 0.137. The van der Waals surface area contributed by atoms with Gasteiger partial charge in [0.15, 0.2) is 0 Å². The first-order valence-corrected chi connectivity index (χ1v) is 18.5. The molecule has 0 bridgehead atoms. The van der Waals surface area contributed by atoms with Gasteiger partial charge in [0.1, 0.15) is 0 Å². The molecule has 52 heavy (non-hydrogen) atoms. The van der Waals surface area contributed by atoms with Crippen LogP contribution in [0.1, 0.15) is 55.5 Å². The fourth-order valence-electron chi connectivity index (χ4n) is 9.84. The smallest absolute Gasteiger partial charge is 0.0159 e. The first-order chi connectivity index (χ1) is 25.3. The minimum Gasteiger partial charge on any atom is -0.404 e. The van der Waals surface area contributed by atoms with Gasteiger partial charge in [-0.2, -0.15) is 0 Å². The molecule has 0 radical (unpaired) electrons. The van der Waals surface area contributed by atoms with Gasteiger partial charge in [-0.15, -0.1) is 0 Å². The van der Waals surface area contributed by atoms with Crippen LogP contribution in [0.4, 0.5) is 0 Å². The van der Waals surface area contributed by atoms with Crippen LogP contribution < -0.4 is 5.73 Å². The van der Waals surface area contributed by atoms with Crippen molar-refractivity contribution in [2.45, 2.75) is 44.9 Å². The summed E-state index contributed by atoms with van der Waals surface area (Å²) < 4.78 is 0. The first-order valence-electron chi connectivity index (χ1n) is 18.5. The third kappa shape index (κ3) is 4.17. The van der Waals surface area contributed by atoms with E-state index in [4.69, 9.17) is 5.73 Å². The van der Waals surface area contributed by atoms with Crippen molar-refractivity contribution in [1.29, 1.82) is 0 Å². The Morgan fingerprint density at radius 2 is 1.00 bits per heavy atom. The second-order valence-corrected chi connectivity index (χ2v) is 15.8. The Bertz CT molecular complexity index is 2820. The van der Waals surface area contributed by atoms with Crippen molar-refractivity contribution < 1.29 is 0 Å². The van der Waals surface area contributed by atoms with Gasteiger partial charge in [-0.05, 0) is 123 Å². The Balaban J connectivity index is 1.21. The van der Waals surface area contributed by atoms with E-state index in [2.05, 4.69) is 173 Å². The van der Waals surface area contributed by atoms with Gasteiger partial charge in [-0.25, -0.2) is 0 Å². The molecule has 1 nitrogen and oxygen atoms in total. The predicted molar refractivity (Wildman–Crippen MR) is 223 cm³/mol. The molecule has 0 saturated heterocycles. The van der Waals surface area contributed by atoms with Gasteiger partial charge in [-0.1, -0.05) is 155 Å². The zero-order valence-corrected chi connectivity index (χ0v) is 30.2. The van der Waals surface area contributed by atoms with E-state index in [-0.39, 0.29) is 10.8 Å². The topological polar surface area (TPSA) is 26.0 Å². The summed E-state index contributed by atoms with van der Waals surface area (Å²) in [5.41, 5.74) is 20.7. The van der Waals surface area contributed by atoms with Crippen LogP contribution >= 0.6 is 0 Å². The number of nitrogens with two attached hydrogens (primary N) is 1. The number of benzene rings is 8. The average Bonchev–Trinajstić information content (AvgIpc) is 3.53. The van der Waals surface area contributed by atoms with Gasteiger partial charge < -0.3 is 5.73 Å². The standard InChI is InChI=1S/C51H41N/c1-50(2)45(43(30-52)41-27-31-15-5-6-16-32(31)28-46(41)50)26-25-36-33-17-7-10-20-37(33)48(38-21-11-8-18-34(36)38)42-29-47-49(39-22-12-9-19-35(39)42)40-23-13-14-24-44(40)51(47,3)4/h5-24,26-30H,25,52H2,1-4H3/b43-30-,45-26+. The highest BCUT2D eigenvalue weighted by molar-refractivity contribution is 6.20. The second kappa shape index (κ2) is 11.0. The van der Waals surface area contributed by atoms with Crippen LogP contribution in [-0.4, -0.2) is 0 Å². The fourth-order valence-corrected chi connectivity index (χ4v) is 9.84. The van der Waals surface area contributed by atoms with E-state index in [9.17, 15) is 0 Å². The minimum atomic E-state index is -0.177. The third-order valence-corrected chi connectivity index (χ3v) is 12.4. The number of rotatable bonds is 3. The highest BCUT2D eigenvalue weighted by Gasteiger charge is 2.39. The molecule has 8 aromatic rings. The molecule has 2 N–H and O–H groups in total. The second-order valence-electron chi connectivity index (χ2n) is 15.8. The Hall–Kier alpha value is -5.92. The summed E-state index contributed by atoms with van der Waals surface area (Å²) in [6.45, 7) is 9.47. The van der Waals surface area contributed by atoms with Crippen molar-refractivity contribution in [3.8, 4) is 22.3 Å². The Morgan fingerprint density at radius 3 is 1.65 bits per heavy atom. The van der Waals surface area contributed by atoms with Crippen LogP contribution in [0, 0.1) is 0 Å². The summed E-state index contributed by atoms with van der Waals surface area (Å²) in [7, 11) is 0. The number of fused-ring (bicyclic) bond motifs is 9. The molecule has 0 heterocycles. The molecule has 0 amide bonds. The third-order valence-electron chi connectivity index (χ3n) is 12.4. The molecule has 1 heteroatoms. The molecule has 0 aliphatic heterocycles. The van der Waals surface area contributed by atoms with E-state index in [1.54, 1.807) is 0 Å².